The molecule has 7 heteroatoms. The first-order chi connectivity index (χ1) is 13.4. The van der Waals surface area contributed by atoms with Gasteiger partial charge in [0.2, 0.25) is 15.9 Å². The summed E-state index contributed by atoms with van der Waals surface area (Å²) in [6.07, 6.45) is 1.01. The summed E-state index contributed by atoms with van der Waals surface area (Å²) in [6.45, 7) is 7.64. The zero-order valence-corrected chi connectivity index (χ0v) is 18.4. The Morgan fingerprint density at radius 2 is 1.69 bits per heavy atom. The molecule has 29 heavy (non-hydrogen) atoms. The number of sulfonamides is 1. The Kier molecular flexibility index (Phi) is 7.19. The molecule has 2 aromatic rings. The minimum absolute atomic E-state index is 0.0354. The average Bonchev–Trinajstić information content (AvgIpc) is 2.61. The van der Waals surface area contributed by atoms with Crippen molar-refractivity contribution in [1.29, 1.82) is 0 Å². The third kappa shape index (κ3) is 6.65. The highest BCUT2D eigenvalue weighted by molar-refractivity contribution is 7.88. The van der Waals surface area contributed by atoms with Crippen LogP contribution in [0.2, 0.25) is 0 Å². The molecule has 0 heterocycles. The first-order valence-electron chi connectivity index (χ1n) is 9.46. The Balaban J connectivity index is 2.07. The van der Waals surface area contributed by atoms with Crippen molar-refractivity contribution < 1.29 is 17.6 Å². The van der Waals surface area contributed by atoms with E-state index in [4.69, 9.17) is 0 Å². The number of nitrogens with one attached hydrogen (secondary N) is 1. The van der Waals surface area contributed by atoms with E-state index in [0.29, 0.717) is 0 Å². The van der Waals surface area contributed by atoms with E-state index in [2.05, 4.69) is 26.1 Å². The number of hydrogen-bond acceptors (Lipinski definition) is 3. The van der Waals surface area contributed by atoms with E-state index >= 15 is 0 Å². The molecule has 0 saturated heterocycles. The number of amides is 1. The predicted octanol–water partition coefficient (Wildman–Crippen LogP) is 3.76. The number of rotatable bonds is 7. The van der Waals surface area contributed by atoms with E-state index in [1.807, 2.05) is 31.2 Å². The van der Waals surface area contributed by atoms with Crippen molar-refractivity contribution in [1.82, 2.24) is 9.62 Å². The molecule has 0 unspecified atom stereocenters. The lowest BCUT2D eigenvalue weighted by Gasteiger charge is -2.23. The zero-order valence-electron chi connectivity index (χ0n) is 17.6. The highest BCUT2D eigenvalue weighted by atomic mass is 32.2. The minimum Gasteiger partial charge on any atom is -0.348 e. The van der Waals surface area contributed by atoms with Crippen molar-refractivity contribution in [2.75, 3.05) is 12.8 Å². The molecule has 0 aromatic heterocycles. The van der Waals surface area contributed by atoms with Crippen LogP contribution in [-0.2, 0) is 26.8 Å². The van der Waals surface area contributed by atoms with Gasteiger partial charge in [0.25, 0.3) is 0 Å². The number of carbonyl (C=O) groups is 1. The normalized spacial score (nSPS) is 13.3. The fraction of sp³-hybridized carbons (Fsp3) is 0.409. The smallest absolute Gasteiger partial charge is 0.235 e. The van der Waals surface area contributed by atoms with E-state index < -0.39 is 21.7 Å². The number of halogens is 1. The summed E-state index contributed by atoms with van der Waals surface area (Å²) in [5, 5.41) is 2.82. The number of benzene rings is 2. The van der Waals surface area contributed by atoms with Gasteiger partial charge in [-0.1, -0.05) is 63.2 Å². The molecular weight excluding hydrogens is 391 g/mol. The van der Waals surface area contributed by atoms with E-state index in [1.54, 1.807) is 6.07 Å². The second-order valence-electron chi connectivity index (χ2n) is 8.28. The molecule has 0 saturated carbocycles. The van der Waals surface area contributed by atoms with Crippen LogP contribution >= 0.6 is 0 Å². The van der Waals surface area contributed by atoms with Crippen LogP contribution in [0.4, 0.5) is 4.39 Å². The Hall–Kier alpha value is -2.25. The molecule has 0 radical (unpaired) electrons. The van der Waals surface area contributed by atoms with Gasteiger partial charge in [-0.15, -0.1) is 0 Å². The standard InChI is InChI=1S/C22H29FN2O3S/c1-16(17-10-12-19(13-11-17)22(2,3)4)24-21(26)15-25(29(5,27)28)14-18-8-6-7-9-20(18)23/h6-13,16H,14-15H2,1-5H3,(H,24,26)/t16-/m0/s1. The lowest BCUT2D eigenvalue weighted by molar-refractivity contribution is -0.122. The maximum atomic E-state index is 13.9. The van der Waals surface area contributed by atoms with Crippen molar-refractivity contribution in [3.63, 3.8) is 0 Å². The first-order valence-corrected chi connectivity index (χ1v) is 11.3. The monoisotopic (exact) mass is 420 g/mol. The Bertz CT molecular complexity index is 951. The first kappa shape index (κ1) is 23.0. The number of hydrogen-bond donors (Lipinski definition) is 1. The summed E-state index contributed by atoms with van der Waals surface area (Å²) in [4.78, 5) is 12.5. The molecule has 0 bridgehead atoms. The van der Waals surface area contributed by atoms with Gasteiger partial charge in [0.15, 0.2) is 0 Å². The molecule has 0 fully saturated rings. The van der Waals surface area contributed by atoms with Gasteiger partial charge in [-0.2, -0.15) is 4.31 Å². The predicted molar refractivity (Wildman–Crippen MR) is 113 cm³/mol. The zero-order chi connectivity index (χ0) is 21.8. The van der Waals surface area contributed by atoms with Gasteiger partial charge in [-0.05, 0) is 29.5 Å². The fourth-order valence-corrected chi connectivity index (χ4v) is 3.63. The topological polar surface area (TPSA) is 66.5 Å². The summed E-state index contributed by atoms with van der Waals surface area (Å²) in [5.74, 6) is -0.951. The van der Waals surface area contributed by atoms with Crippen molar-refractivity contribution >= 4 is 15.9 Å². The molecule has 1 atom stereocenters. The van der Waals surface area contributed by atoms with Crippen LogP contribution in [0.3, 0.4) is 0 Å². The van der Waals surface area contributed by atoms with Crippen LogP contribution in [0, 0.1) is 5.82 Å². The van der Waals surface area contributed by atoms with Crippen LogP contribution < -0.4 is 5.32 Å². The number of carbonyl (C=O) groups excluding carboxylic acids is 1. The van der Waals surface area contributed by atoms with Gasteiger partial charge in [-0.25, -0.2) is 12.8 Å². The molecular formula is C22H29FN2O3S. The van der Waals surface area contributed by atoms with E-state index in [-0.39, 0.29) is 30.1 Å². The second-order valence-corrected chi connectivity index (χ2v) is 10.3. The SMILES string of the molecule is C[C@H](NC(=O)CN(Cc1ccccc1F)S(C)(=O)=O)c1ccc(C(C)(C)C)cc1. The van der Waals surface area contributed by atoms with Crippen molar-refractivity contribution in [3.8, 4) is 0 Å². The molecule has 0 aliphatic carbocycles. The fourth-order valence-electron chi connectivity index (χ4n) is 2.91. The lowest BCUT2D eigenvalue weighted by atomic mass is 9.86. The molecule has 1 amide bonds. The van der Waals surface area contributed by atoms with Crippen molar-refractivity contribution in [3.05, 3.63) is 71.0 Å². The summed E-state index contributed by atoms with van der Waals surface area (Å²) < 4.78 is 39.1. The van der Waals surface area contributed by atoms with Crippen LogP contribution in [0.15, 0.2) is 48.5 Å². The van der Waals surface area contributed by atoms with Gasteiger partial charge >= 0.3 is 0 Å². The summed E-state index contributed by atoms with van der Waals surface area (Å²) in [7, 11) is -3.69. The van der Waals surface area contributed by atoms with Crippen LogP contribution in [0.5, 0.6) is 0 Å². The van der Waals surface area contributed by atoms with Gasteiger partial charge in [-0.3, -0.25) is 4.79 Å². The molecule has 2 rings (SSSR count). The highest BCUT2D eigenvalue weighted by Gasteiger charge is 2.23. The maximum absolute atomic E-state index is 13.9. The molecule has 1 N–H and O–H groups in total. The third-order valence-corrected chi connectivity index (χ3v) is 5.94. The molecule has 5 nitrogen and oxygen atoms in total. The van der Waals surface area contributed by atoms with E-state index in [1.165, 1.54) is 23.8 Å². The largest absolute Gasteiger partial charge is 0.348 e. The van der Waals surface area contributed by atoms with Gasteiger partial charge in [0.1, 0.15) is 5.82 Å². The summed E-state index contributed by atoms with van der Waals surface area (Å²) in [5.41, 5.74) is 2.36. The quantitative estimate of drug-likeness (QED) is 0.742. The van der Waals surface area contributed by atoms with Crippen LogP contribution in [0.25, 0.3) is 0 Å². The van der Waals surface area contributed by atoms with Gasteiger partial charge in [0.05, 0.1) is 18.8 Å². The Morgan fingerprint density at radius 1 is 1.10 bits per heavy atom. The molecule has 0 spiro atoms. The molecule has 158 valence electrons. The second kappa shape index (κ2) is 9.05. The van der Waals surface area contributed by atoms with Gasteiger partial charge in [0, 0.05) is 12.1 Å². The van der Waals surface area contributed by atoms with Gasteiger partial charge < -0.3 is 5.32 Å². The van der Waals surface area contributed by atoms with Crippen LogP contribution in [0.1, 0.15) is 50.4 Å². The summed E-state index contributed by atoms with van der Waals surface area (Å²) >= 11 is 0. The van der Waals surface area contributed by atoms with Crippen molar-refractivity contribution in [2.45, 2.75) is 45.7 Å². The Labute approximate surface area is 173 Å². The van der Waals surface area contributed by atoms with Crippen molar-refractivity contribution in [2.24, 2.45) is 0 Å². The number of nitrogens with zero attached hydrogens (tertiary/aromatic N) is 1. The molecule has 0 aliphatic heterocycles. The van der Waals surface area contributed by atoms with Crippen LogP contribution in [-0.4, -0.2) is 31.4 Å². The average molecular weight is 421 g/mol. The molecule has 2 aromatic carbocycles. The summed E-state index contributed by atoms with van der Waals surface area (Å²) in [6, 6.07) is 13.6. The molecule has 0 aliphatic rings. The minimum atomic E-state index is -3.69. The third-order valence-electron chi connectivity index (χ3n) is 4.75. The van der Waals surface area contributed by atoms with E-state index in [0.717, 1.165) is 16.1 Å². The Morgan fingerprint density at radius 3 is 2.21 bits per heavy atom. The van der Waals surface area contributed by atoms with E-state index in [9.17, 15) is 17.6 Å². The lowest BCUT2D eigenvalue weighted by Crippen LogP contribution is -2.40. The highest BCUT2D eigenvalue weighted by Crippen LogP contribution is 2.24. The maximum Gasteiger partial charge on any atom is 0.235 e.